The Bertz CT molecular complexity index is 1390. The van der Waals surface area contributed by atoms with Crippen LogP contribution in [-0.4, -0.2) is 65.8 Å². The van der Waals surface area contributed by atoms with Gasteiger partial charge in [-0.3, -0.25) is 14.4 Å². The smallest absolute Gasteiger partial charge is 0.294 e. The number of nitrogens with zero attached hydrogens (tertiary/aromatic N) is 3. The van der Waals surface area contributed by atoms with Crippen LogP contribution in [0.25, 0.3) is 0 Å². The Labute approximate surface area is 225 Å². The Morgan fingerprint density at radius 3 is 2.63 bits per heavy atom. The number of ether oxygens (including phenoxy) is 1. The molecule has 0 atom stereocenters. The largest absolute Gasteiger partial charge is 0.486 e. The molecule has 2 heterocycles. The van der Waals surface area contributed by atoms with Crippen LogP contribution in [0.3, 0.4) is 0 Å². The van der Waals surface area contributed by atoms with Gasteiger partial charge in [0.25, 0.3) is 11.7 Å². The van der Waals surface area contributed by atoms with E-state index >= 15 is 0 Å². The lowest BCUT2D eigenvalue weighted by Gasteiger charge is -2.28. The molecule has 2 amide bonds. The van der Waals surface area contributed by atoms with Crippen molar-refractivity contribution < 1.29 is 19.1 Å². The molecule has 38 heavy (non-hydrogen) atoms. The summed E-state index contributed by atoms with van der Waals surface area (Å²) in [5.41, 5.74) is 2.87. The van der Waals surface area contributed by atoms with Gasteiger partial charge in [0.2, 0.25) is 5.91 Å². The van der Waals surface area contributed by atoms with Gasteiger partial charge in [-0.15, -0.1) is 0 Å². The average molecular weight is 534 g/mol. The van der Waals surface area contributed by atoms with Gasteiger partial charge < -0.3 is 20.3 Å². The number of aromatic nitrogens is 2. The molecule has 196 valence electrons. The number of ketones is 1. The summed E-state index contributed by atoms with van der Waals surface area (Å²) < 4.78 is 5.98. The molecule has 10 heteroatoms. The number of anilines is 1. The zero-order valence-corrected chi connectivity index (χ0v) is 21.9. The van der Waals surface area contributed by atoms with E-state index in [1.165, 1.54) is 31.3 Å². The van der Waals surface area contributed by atoms with E-state index in [1.807, 2.05) is 18.2 Å². The third kappa shape index (κ3) is 6.42. The number of amides is 2. The van der Waals surface area contributed by atoms with E-state index < -0.39 is 11.7 Å². The predicted molar refractivity (Wildman–Crippen MR) is 145 cm³/mol. The lowest BCUT2D eigenvalue weighted by Crippen LogP contribution is -2.50. The van der Waals surface area contributed by atoms with Crippen molar-refractivity contribution in [1.82, 2.24) is 20.2 Å². The standard InChI is InChI=1S/C28H28ClN5O4/c1-4-26(35)33-23-11-17(9-10-24(23)38-19-14-30-15-19)12-25-31-16-21(29)22(32-25)13-18-7-5-6-8-20(18)27(36)28(37)34(2)3/h4-11,16,19,30H,1,12-15H2,2-3H3,(H,33,35). The fraction of sp³-hybridized carbons (Fsp3) is 0.250. The topological polar surface area (TPSA) is 114 Å². The summed E-state index contributed by atoms with van der Waals surface area (Å²) >= 11 is 6.42. The number of benzene rings is 2. The highest BCUT2D eigenvalue weighted by molar-refractivity contribution is 6.43. The molecule has 2 aromatic carbocycles. The molecule has 2 N–H and O–H groups in total. The van der Waals surface area contributed by atoms with Crippen LogP contribution in [0.4, 0.5) is 5.69 Å². The van der Waals surface area contributed by atoms with Crippen molar-refractivity contribution in [3.63, 3.8) is 0 Å². The summed E-state index contributed by atoms with van der Waals surface area (Å²) in [6, 6.07) is 12.4. The summed E-state index contributed by atoms with van der Waals surface area (Å²) in [5, 5.41) is 6.30. The molecule has 1 aromatic heterocycles. The molecule has 1 aliphatic heterocycles. The maximum absolute atomic E-state index is 12.7. The predicted octanol–water partition coefficient (Wildman–Crippen LogP) is 3.06. The molecule has 0 bridgehead atoms. The normalized spacial score (nSPS) is 12.8. The number of hydrogen-bond donors (Lipinski definition) is 2. The van der Waals surface area contributed by atoms with Crippen LogP contribution >= 0.6 is 11.6 Å². The summed E-state index contributed by atoms with van der Waals surface area (Å²) in [5.74, 6) is -0.459. The number of Topliss-reactive ketones (excluding diaryl/α,β-unsaturated/α-hetero) is 1. The van der Waals surface area contributed by atoms with Gasteiger partial charge in [-0.05, 0) is 29.3 Å². The highest BCUT2D eigenvalue weighted by Gasteiger charge is 2.22. The van der Waals surface area contributed by atoms with E-state index in [0.29, 0.717) is 45.5 Å². The number of halogens is 1. The molecular formula is C28H28ClN5O4. The van der Waals surface area contributed by atoms with Gasteiger partial charge in [0.05, 0.1) is 16.4 Å². The van der Waals surface area contributed by atoms with Crippen molar-refractivity contribution >= 4 is 34.9 Å². The minimum absolute atomic E-state index is 0.0465. The van der Waals surface area contributed by atoms with Gasteiger partial charge >= 0.3 is 0 Å². The third-order valence-corrected chi connectivity index (χ3v) is 6.29. The molecule has 1 aliphatic rings. The fourth-order valence-corrected chi connectivity index (χ4v) is 3.98. The molecule has 0 spiro atoms. The molecule has 0 unspecified atom stereocenters. The summed E-state index contributed by atoms with van der Waals surface area (Å²) in [4.78, 5) is 47.3. The van der Waals surface area contributed by atoms with Crippen molar-refractivity contribution in [2.45, 2.75) is 18.9 Å². The Morgan fingerprint density at radius 2 is 1.95 bits per heavy atom. The van der Waals surface area contributed by atoms with Crippen LogP contribution in [0.1, 0.15) is 33.0 Å². The van der Waals surface area contributed by atoms with Crippen molar-refractivity contribution in [3.8, 4) is 5.75 Å². The zero-order chi connectivity index (χ0) is 27.2. The van der Waals surface area contributed by atoms with Crippen LogP contribution in [0.5, 0.6) is 5.75 Å². The summed E-state index contributed by atoms with van der Waals surface area (Å²) in [7, 11) is 3.07. The second kappa shape index (κ2) is 12.0. The Balaban J connectivity index is 1.57. The van der Waals surface area contributed by atoms with E-state index in [-0.39, 0.29) is 18.4 Å². The maximum atomic E-state index is 12.7. The highest BCUT2D eigenvalue weighted by atomic mass is 35.5. The van der Waals surface area contributed by atoms with Gasteiger partial charge in [0.1, 0.15) is 17.7 Å². The molecule has 3 aromatic rings. The SMILES string of the molecule is C=CC(=O)Nc1cc(Cc2ncc(Cl)c(Cc3ccccc3C(=O)C(=O)N(C)C)n2)ccc1OC1CNC1. The van der Waals surface area contributed by atoms with E-state index in [4.69, 9.17) is 16.3 Å². The average Bonchev–Trinajstić information content (AvgIpc) is 2.88. The van der Waals surface area contributed by atoms with Crippen molar-refractivity contribution in [1.29, 1.82) is 0 Å². The monoisotopic (exact) mass is 533 g/mol. The first-order chi connectivity index (χ1) is 18.2. The first kappa shape index (κ1) is 27.0. The van der Waals surface area contributed by atoms with Gasteiger partial charge in [-0.2, -0.15) is 0 Å². The summed E-state index contributed by atoms with van der Waals surface area (Å²) in [6.07, 6.45) is 3.39. The molecule has 0 aliphatic carbocycles. The van der Waals surface area contributed by atoms with Gasteiger partial charge in [0.15, 0.2) is 0 Å². The third-order valence-electron chi connectivity index (χ3n) is 5.97. The first-order valence-corrected chi connectivity index (χ1v) is 12.4. The minimum Gasteiger partial charge on any atom is -0.486 e. The van der Waals surface area contributed by atoms with Crippen LogP contribution in [-0.2, 0) is 22.4 Å². The van der Waals surface area contributed by atoms with Crippen molar-refractivity contribution in [3.05, 3.63) is 94.5 Å². The van der Waals surface area contributed by atoms with Crippen LogP contribution in [0.15, 0.2) is 61.3 Å². The molecule has 0 saturated carbocycles. The lowest BCUT2D eigenvalue weighted by molar-refractivity contribution is -0.124. The van der Waals surface area contributed by atoms with E-state index in [1.54, 1.807) is 24.3 Å². The second-order valence-electron chi connectivity index (χ2n) is 9.04. The minimum atomic E-state index is -0.604. The molecular weight excluding hydrogens is 506 g/mol. The van der Waals surface area contributed by atoms with Gasteiger partial charge in [-0.25, -0.2) is 9.97 Å². The number of rotatable bonds is 10. The Morgan fingerprint density at radius 1 is 1.18 bits per heavy atom. The van der Waals surface area contributed by atoms with Crippen LogP contribution in [0.2, 0.25) is 5.02 Å². The fourth-order valence-electron chi connectivity index (χ4n) is 3.83. The number of nitrogens with one attached hydrogen (secondary N) is 2. The second-order valence-corrected chi connectivity index (χ2v) is 9.45. The van der Waals surface area contributed by atoms with Crippen LogP contribution < -0.4 is 15.4 Å². The van der Waals surface area contributed by atoms with Gasteiger partial charge in [-0.1, -0.05) is 48.5 Å². The first-order valence-electron chi connectivity index (χ1n) is 12.0. The quantitative estimate of drug-likeness (QED) is 0.234. The molecule has 0 radical (unpaired) electrons. The summed E-state index contributed by atoms with van der Waals surface area (Å²) in [6.45, 7) is 5.01. The van der Waals surface area contributed by atoms with E-state index in [2.05, 4.69) is 27.2 Å². The van der Waals surface area contributed by atoms with Gasteiger partial charge in [0, 0.05) is 51.8 Å². The maximum Gasteiger partial charge on any atom is 0.294 e. The molecule has 1 saturated heterocycles. The number of carbonyl (C=O) groups excluding carboxylic acids is 3. The molecule has 9 nitrogen and oxygen atoms in total. The van der Waals surface area contributed by atoms with E-state index in [9.17, 15) is 14.4 Å². The number of hydrogen-bond acceptors (Lipinski definition) is 7. The number of carbonyl (C=O) groups is 3. The van der Waals surface area contributed by atoms with E-state index in [0.717, 1.165) is 18.7 Å². The Hall–Kier alpha value is -4.08. The van der Waals surface area contributed by atoms with Crippen molar-refractivity contribution in [2.24, 2.45) is 0 Å². The number of likely N-dealkylation sites (N-methyl/N-ethyl adjacent to an activating group) is 1. The molecule has 4 rings (SSSR count). The highest BCUT2D eigenvalue weighted by Crippen LogP contribution is 2.29. The lowest BCUT2D eigenvalue weighted by atomic mass is 9.99. The van der Waals surface area contributed by atoms with Crippen molar-refractivity contribution in [2.75, 3.05) is 32.5 Å². The molecule has 1 fully saturated rings. The zero-order valence-electron chi connectivity index (χ0n) is 21.2. The Kier molecular flexibility index (Phi) is 8.50. The van der Waals surface area contributed by atoms with Crippen LogP contribution in [0, 0.1) is 0 Å².